The lowest BCUT2D eigenvalue weighted by Crippen LogP contribution is -2.46. The minimum absolute atomic E-state index is 0.109. The number of hydrogen-bond acceptors (Lipinski definition) is 4. The van der Waals surface area contributed by atoms with E-state index < -0.39 is 6.04 Å². The summed E-state index contributed by atoms with van der Waals surface area (Å²) in [4.78, 5) is 24.8. The third kappa shape index (κ3) is 5.65. The van der Waals surface area contributed by atoms with Crippen molar-refractivity contribution in [1.82, 2.24) is 10.2 Å². The quantitative estimate of drug-likeness (QED) is 0.623. The smallest absolute Gasteiger partial charge is 0.244 e. The van der Waals surface area contributed by atoms with Crippen LogP contribution >= 0.6 is 0 Å². The first kappa shape index (κ1) is 15.9. The molecule has 0 aliphatic carbocycles. The molecule has 0 fully saturated rings. The monoisotopic (exact) mass is 245 g/mol. The molecule has 0 aromatic carbocycles. The van der Waals surface area contributed by atoms with E-state index in [0.717, 1.165) is 0 Å². The van der Waals surface area contributed by atoms with Crippen molar-refractivity contribution >= 4 is 11.8 Å². The molecular formula is C11H23N3O3. The average molecular weight is 245 g/mol. The Labute approximate surface area is 102 Å². The van der Waals surface area contributed by atoms with Gasteiger partial charge in [-0.25, -0.2) is 0 Å². The molecule has 0 bridgehead atoms. The molecule has 3 N–H and O–H groups in total. The number of carbonyl (C=O) groups is 2. The predicted molar refractivity (Wildman–Crippen MR) is 65.4 cm³/mol. The maximum Gasteiger partial charge on any atom is 0.244 e. The summed E-state index contributed by atoms with van der Waals surface area (Å²) in [6, 6.07) is -0.525. The Morgan fingerprint density at radius 1 is 1.47 bits per heavy atom. The Morgan fingerprint density at radius 2 is 2.06 bits per heavy atom. The van der Waals surface area contributed by atoms with Gasteiger partial charge in [-0.2, -0.15) is 0 Å². The number of amides is 2. The van der Waals surface area contributed by atoms with Crippen molar-refractivity contribution in [3.8, 4) is 0 Å². The number of ether oxygens (including phenoxy) is 1. The van der Waals surface area contributed by atoms with E-state index in [4.69, 9.17) is 10.5 Å². The molecule has 0 rings (SSSR count). The summed E-state index contributed by atoms with van der Waals surface area (Å²) < 4.78 is 5.00. The Hall–Kier alpha value is -1.14. The summed E-state index contributed by atoms with van der Waals surface area (Å²) in [5.74, 6) is -0.338. The summed E-state index contributed by atoms with van der Waals surface area (Å²) in [6.07, 6.45) is -0.137. The van der Waals surface area contributed by atoms with E-state index in [1.165, 1.54) is 7.11 Å². The van der Waals surface area contributed by atoms with Crippen LogP contribution in [0.5, 0.6) is 0 Å². The first-order valence-corrected chi connectivity index (χ1v) is 5.73. The van der Waals surface area contributed by atoms with Gasteiger partial charge in [-0.05, 0) is 13.8 Å². The summed E-state index contributed by atoms with van der Waals surface area (Å²) in [5.41, 5.74) is 5.41. The lowest BCUT2D eigenvalue weighted by Gasteiger charge is -2.21. The number of carbonyl (C=O) groups excluding carboxylic acids is 2. The van der Waals surface area contributed by atoms with Gasteiger partial charge in [0.25, 0.3) is 0 Å². The summed E-state index contributed by atoms with van der Waals surface area (Å²) in [5, 5.41) is 2.63. The largest absolute Gasteiger partial charge is 0.380 e. The van der Waals surface area contributed by atoms with Gasteiger partial charge in [0.1, 0.15) is 6.04 Å². The highest BCUT2D eigenvalue weighted by Gasteiger charge is 2.20. The van der Waals surface area contributed by atoms with Crippen molar-refractivity contribution in [2.24, 2.45) is 5.73 Å². The molecule has 2 amide bonds. The van der Waals surface area contributed by atoms with Crippen LogP contribution in [0.1, 0.15) is 20.3 Å². The summed E-state index contributed by atoms with van der Waals surface area (Å²) in [7, 11) is 3.20. The second-order valence-electron chi connectivity index (χ2n) is 3.94. The SMILES string of the molecule is CCN(C)C(=O)C(C)NC(=O)CC(CN)OC. The van der Waals surface area contributed by atoms with Gasteiger partial charge in [0, 0.05) is 27.2 Å². The first-order valence-electron chi connectivity index (χ1n) is 5.73. The number of nitrogens with zero attached hydrogens (tertiary/aromatic N) is 1. The number of likely N-dealkylation sites (N-methyl/N-ethyl adjacent to an activating group) is 1. The zero-order chi connectivity index (χ0) is 13.4. The Balaban J connectivity index is 4.15. The molecule has 2 unspecified atom stereocenters. The van der Waals surface area contributed by atoms with Gasteiger partial charge < -0.3 is 20.7 Å². The summed E-state index contributed by atoms with van der Waals surface area (Å²) in [6.45, 7) is 4.43. The standard InChI is InChI=1S/C11H23N3O3/c1-5-14(3)11(16)8(2)13-10(15)6-9(7-12)17-4/h8-9H,5-7,12H2,1-4H3,(H,13,15). The predicted octanol–water partition coefficient (Wildman–Crippen LogP) is -0.667. The van der Waals surface area contributed by atoms with E-state index >= 15 is 0 Å². The molecule has 6 nitrogen and oxygen atoms in total. The fraction of sp³-hybridized carbons (Fsp3) is 0.818. The Kier molecular flexibility index (Phi) is 7.49. The fourth-order valence-corrected chi connectivity index (χ4v) is 1.32. The number of hydrogen-bond donors (Lipinski definition) is 2. The highest BCUT2D eigenvalue weighted by Crippen LogP contribution is 1.97. The summed E-state index contributed by atoms with van der Waals surface area (Å²) >= 11 is 0. The molecule has 0 heterocycles. The molecule has 2 atom stereocenters. The van der Waals surface area contributed by atoms with Crippen molar-refractivity contribution in [3.63, 3.8) is 0 Å². The third-order valence-electron chi connectivity index (χ3n) is 2.61. The van der Waals surface area contributed by atoms with Gasteiger partial charge in [-0.3, -0.25) is 9.59 Å². The molecule has 0 aromatic heterocycles. The molecule has 0 spiro atoms. The minimum atomic E-state index is -0.525. The zero-order valence-electron chi connectivity index (χ0n) is 11.0. The van der Waals surface area contributed by atoms with Gasteiger partial charge in [0.2, 0.25) is 11.8 Å². The second-order valence-corrected chi connectivity index (χ2v) is 3.94. The third-order valence-corrected chi connectivity index (χ3v) is 2.61. The normalized spacial score (nSPS) is 13.9. The number of methoxy groups -OCH3 is 1. The van der Waals surface area contributed by atoms with Crippen LogP contribution in [0.15, 0.2) is 0 Å². The first-order chi connectivity index (χ1) is 7.96. The number of rotatable bonds is 7. The fourth-order valence-electron chi connectivity index (χ4n) is 1.32. The second kappa shape index (κ2) is 8.03. The topological polar surface area (TPSA) is 84.7 Å². The van der Waals surface area contributed by atoms with Crippen LogP contribution in [-0.2, 0) is 14.3 Å². The molecule has 0 saturated carbocycles. The molecule has 0 aromatic rings. The molecule has 0 aliphatic heterocycles. The van der Waals surface area contributed by atoms with Crippen molar-refractivity contribution in [1.29, 1.82) is 0 Å². The van der Waals surface area contributed by atoms with Crippen LogP contribution in [0.2, 0.25) is 0 Å². The lowest BCUT2D eigenvalue weighted by atomic mass is 10.2. The van der Waals surface area contributed by atoms with Crippen LogP contribution in [0.4, 0.5) is 0 Å². The molecule has 0 aliphatic rings. The van der Waals surface area contributed by atoms with Crippen molar-refractivity contribution in [3.05, 3.63) is 0 Å². The Morgan fingerprint density at radius 3 is 2.47 bits per heavy atom. The number of nitrogens with one attached hydrogen (secondary N) is 1. The van der Waals surface area contributed by atoms with E-state index in [1.54, 1.807) is 18.9 Å². The minimum Gasteiger partial charge on any atom is -0.380 e. The molecular weight excluding hydrogens is 222 g/mol. The van der Waals surface area contributed by atoms with E-state index in [2.05, 4.69) is 5.32 Å². The van der Waals surface area contributed by atoms with Gasteiger partial charge in [0.05, 0.1) is 12.5 Å². The maximum atomic E-state index is 11.7. The van der Waals surface area contributed by atoms with Gasteiger partial charge in [-0.15, -0.1) is 0 Å². The van der Waals surface area contributed by atoms with Crippen LogP contribution in [-0.4, -0.2) is 56.1 Å². The van der Waals surface area contributed by atoms with Gasteiger partial charge >= 0.3 is 0 Å². The van der Waals surface area contributed by atoms with E-state index in [-0.39, 0.29) is 30.9 Å². The van der Waals surface area contributed by atoms with Crippen molar-refractivity contribution < 1.29 is 14.3 Å². The van der Waals surface area contributed by atoms with Crippen molar-refractivity contribution in [2.75, 3.05) is 27.2 Å². The van der Waals surface area contributed by atoms with Crippen LogP contribution in [0, 0.1) is 0 Å². The molecule has 17 heavy (non-hydrogen) atoms. The van der Waals surface area contributed by atoms with E-state index in [0.29, 0.717) is 6.54 Å². The molecule has 100 valence electrons. The van der Waals surface area contributed by atoms with Crippen molar-refractivity contribution in [2.45, 2.75) is 32.4 Å². The lowest BCUT2D eigenvalue weighted by molar-refractivity contribution is -0.135. The highest BCUT2D eigenvalue weighted by molar-refractivity contribution is 5.87. The van der Waals surface area contributed by atoms with E-state index in [9.17, 15) is 9.59 Å². The van der Waals surface area contributed by atoms with Gasteiger partial charge in [0.15, 0.2) is 0 Å². The van der Waals surface area contributed by atoms with Crippen LogP contribution < -0.4 is 11.1 Å². The van der Waals surface area contributed by atoms with E-state index in [1.807, 2.05) is 6.92 Å². The molecule has 0 saturated heterocycles. The zero-order valence-corrected chi connectivity index (χ0v) is 11.0. The highest BCUT2D eigenvalue weighted by atomic mass is 16.5. The van der Waals surface area contributed by atoms with Crippen LogP contribution in [0.25, 0.3) is 0 Å². The number of nitrogens with two attached hydrogens (primary N) is 1. The van der Waals surface area contributed by atoms with Crippen LogP contribution in [0.3, 0.4) is 0 Å². The van der Waals surface area contributed by atoms with Gasteiger partial charge in [-0.1, -0.05) is 0 Å². The molecule has 6 heteroatoms. The Bertz CT molecular complexity index is 254. The average Bonchev–Trinajstić information content (AvgIpc) is 2.33. The molecule has 0 radical (unpaired) electrons. The maximum absolute atomic E-state index is 11.7.